The zero-order valence-electron chi connectivity index (χ0n) is 10.2. The van der Waals surface area contributed by atoms with Gasteiger partial charge in [0.05, 0.1) is 0 Å². The van der Waals surface area contributed by atoms with Gasteiger partial charge in [0.1, 0.15) is 0 Å². The second-order valence-corrected chi connectivity index (χ2v) is 5.05. The molecule has 0 spiro atoms. The molecule has 1 rings (SSSR count). The molecule has 2 unspecified atom stereocenters. The van der Waals surface area contributed by atoms with E-state index in [2.05, 4.69) is 38.0 Å². The minimum absolute atomic E-state index is 0.745. The molecule has 0 radical (unpaired) electrons. The van der Waals surface area contributed by atoms with E-state index in [9.17, 15) is 0 Å². The van der Waals surface area contributed by atoms with Gasteiger partial charge < -0.3 is 10.2 Å². The van der Waals surface area contributed by atoms with Gasteiger partial charge in [-0.3, -0.25) is 0 Å². The van der Waals surface area contributed by atoms with E-state index < -0.39 is 0 Å². The van der Waals surface area contributed by atoms with Gasteiger partial charge in [0.15, 0.2) is 0 Å². The highest BCUT2D eigenvalue weighted by Gasteiger charge is 2.24. The van der Waals surface area contributed by atoms with Crippen LogP contribution in [-0.4, -0.2) is 37.6 Å². The molecular formula is C12H26N2. The van der Waals surface area contributed by atoms with Crippen LogP contribution < -0.4 is 5.32 Å². The molecule has 1 fully saturated rings. The smallest absolute Gasteiger partial charge is 0.00900 e. The number of likely N-dealkylation sites (tertiary alicyclic amines) is 1. The Morgan fingerprint density at radius 3 is 2.64 bits per heavy atom. The number of nitrogens with zero attached hydrogens (tertiary/aromatic N) is 1. The largest absolute Gasteiger partial charge is 0.319 e. The second-order valence-electron chi connectivity index (χ2n) is 5.05. The highest BCUT2D eigenvalue weighted by atomic mass is 15.2. The lowest BCUT2D eigenvalue weighted by atomic mass is 9.94. The lowest BCUT2D eigenvalue weighted by molar-refractivity contribution is 0.106. The van der Waals surface area contributed by atoms with Gasteiger partial charge in [0.2, 0.25) is 0 Å². The van der Waals surface area contributed by atoms with Crippen molar-refractivity contribution in [1.29, 1.82) is 0 Å². The fourth-order valence-corrected chi connectivity index (χ4v) is 2.34. The van der Waals surface area contributed by atoms with Crippen molar-refractivity contribution in [3.05, 3.63) is 0 Å². The summed E-state index contributed by atoms with van der Waals surface area (Å²) in [4.78, 5) is 2.66. The van der Waals surface area contributed by atoms with Crippen LogP contribution >= 0.6 is 0 Å². The molecule has 1 heterocycles. The molecular weight excluding hydrogens is 172 g/mol. The topological polar surface area (TPSA) is 15.3 Å². The summed E-state index contributed by atoms with van der Waals surface area (Å²) in [7, 11) is 2.06. The first kappa shape index (κ1) is 12.0. The summed E-state index contributed by atoms with van der Waals surface area (Å²) < 4.78 is 0. The van der Waals surface area contributed by atoms with Crippen LogP contribution in [0.4, 0.5) is 0 Å². The number of hydrogen-bond donors (Lipinski definition) is 1. The van der Waals surface area contributed by atoms with E-state index >= 15 is 0 Å². The van der Waals surface area contributed by atoms with Crippen molar-refractivity contribution in [3.63, 3.8) is 0 Å². The van der Waals surface area contributed by atoms with Crippen molar-refractivity contribution in [2.45, 2.75) is 39.7 Å². The minimum atomic E-state index is 0.745. The van der Waals surface area contributed by atoms with E-state index in [0.717, 1.165) is 17.9 Å². The molecule has 2 atom stereocenters. The molecule has 0 aromatic heterocycles. The first-order valence-electron chi connectivity index (χ1n) is 6.03. The summed E-state index contributed by atoms with van der Waals surface area (Å²) in [6.45, 7) is 10.8. The maximum absolute atomic E-state index is 3.30. The number of rotatable bonds is 4. The Kier molecular flexibility index (Phi) is 4.90. The van der Waals surface area contributed by atoms with Crippen molar-refractivity contribution in [2.75, 3.05) is 26.7 Å². The normalized spacial score (nSPS) is 26.8. The van der Waals surface area contributed by atoms with Gasteiger partial charge in [-0.15, -0.1) is 0 Å². The van der Waals surface area contributed by atoms with Crippen molar-refractivity contribution in [1.82, 2.24) is 10.2 Å². The Morgan fingerprint density at radius 2 is 2.07 bits per heavy atom. The Balaban J connectivity index is 2.39. The van der Waals surface area contributed by atoms with Gasteiger partial charge in [0, 0.05) is 12.6 Å². The Morgan fingerprint density at radius 1 is 1.36 bits per heavy atom. The molecule has 0 aromatic carbocycles. The molecule has 0 bridgehead atoms. The summed E-state index contributed by atoms with van der Waals surface area (Å²) >= 11 is 0. The average molecular weight is 198 g/mol. The van der Waals surface area contributed by atoms with Crippen LogP contribution in [0, 0.1) is 11.8 Å². The van der Waals surface area contributed by atoms with Crippen LogP contribution in [0.5, 0.6) is 0 Å². The molecule has 1 N–H and O–H groups in total. The van der Waals surface area contributed by atoms with Gasteiger partial charge in [-0.2, -0.15) is 0 Å². The van der Waals surface area contributed by atoms with E-state index in [1.165, 1.54) is 32.5 Å². The summed E-state index contributed by atoms with van der Waals surface area (Å²) in [6, 6.07) is 0.745. The highest BCUT2D eigenvalue weighted by Crippen LogP contribution is 2.20. The minimum Gasteiger partial charge on any atom is -0.319 e. The molecule has 1 saturated heterocycles. The summed E-state index contributed by atoms with van der Waals surface area (Å²) in [5.74, 6) is 1.65. The highest BCUT2D eigenvalue weighted by molar-refractivity contribution is 4.79. The molecule has 0 saturated carbocycles. The molecule has 84 valence electrons. The molecule has 14 heavy (non-hydrogen) atoms. The average Bonchev–Trinajstić information content (AvgIpc) is 2.17. The monoisotopic (exact) mass is 198 g/mol. The lowest BCUT2D eigenvalue weighted by Crippen LogP contribution is -2.45. The summed E-state index contributed by atoms with van der Waals surface area (Å²) in [6.07, 6.45) is 2.78. The molecule has 0 aromatic rings. The van der Waals surface area contributed by atoms with Crippen molar-refractivity contribution in [3.8, 4) is 0 Å². The van der Waals surface area contributed by atoms with Crippen molar-refractivity contribution >= 4 is 0 Å². The van der Waals surface area contributed by atoms with Crippen LogP contribution in [0.3, 0.4) is 0 Å². The summed E-state index contributed by atoms with van der Waals surface area (Å²) in [5.41, 5.74) is 0. The van der Waals surface area contributed by atoms with Gasteiger partial charge >= 0.3 is 0 Å². The zero-order chi connectivity index (χ0) is 10.6. The first-order valence-corrected chi connectivity index (χ1v) is 6.03. The van der Waals surface area contributed by atoms with Crippen LogP contribution in [0.25, 0.3) is 0 Å². The Hall–Kier alpha value is -0.0800. The number of nitrogens with one attached hydrogen (secondary N) is 1. The third-order valence-corrected chi connectivity index (χ3v) is 3.58. The van der Waals surface area contributed by atoms with Gasteiger partial charge in [-0.25, -0.2) is 0 Å². The van der Waals surface area contributed by atoms with Gasteiger partial charge in [0.25, 0.3) is 0 Å². The van der Waals surface area contributed by atoms with E-state index in [1.54, 1.807) is 0 Å². The molecule has 2 nitrogen and oxygen atoms in total. The van der Waals surface area contributed by atoms with E-state index in [-0.39, 0.29) is 0 Å². The molecule has 2 heteroatoms. The molecule has 0 aliphatic carbocycles. The van der Waals surface area contributed by atoms with Crippen LogP contribution in [-0.2, 0) is 0 Å². The maximum Gasteiger partial charge on any atom is 0.00900 e. The third-order valence-electron chi connectivity index (χ3n) is 3.58. The Bertz CT molecular complexity index is 154. The fraction of sp³-hybridized carbons (Fsp3) is 1.00. The molecule has 0 amide bonds. The number of hydrogen-bond acceptors (Lipinski definition) is 2. The van der Waals surface area contributed by atoms with Gasteiger partial charge in [-0.1, -0.05) is 13.8 Å². The number of piperidine rings is 1. The van der Waals surface area contributed by atoms with E-state index in [1.807, 2.05) is 0 Å². The van der Waals surface area contributed by atoms with Gasteiger partial charge in [-0.05, 0) is 51.7 Å². The predicted molar refractivity (Wildman–Crippen MR) is 62.5 cm³/mol. The predicted octanol–water partition coefficient (Wildman–Crippen LogP) is 1.96. The van der Waals surface area contributed by atoms with Crippen LogP contribution in [0.1, 0.15) is 33.6 Å². The van der Waals surface area contributed by atoms with Crippen LogP contribution in [0.15, 0.2) is 0 Å². The quantitative estimate of drug-likeness (QED) is 0.743. The maximum atomic E-state index is 3.30. The van der Waals surface area contributed by atoms with E-state index in [0.29, 0.717) is 0 Å². The SMILES string of the molecule is CNCC1CCCN(C(C)C(C)C)C1. The summed E-state index contributed by atoms with van der Waals surface area (Å²) in [5, 5.41) is 3.30. The zero-order valence-corrected chi connectivity index (χ0v) is 10.2. The third kappa shape index (κ3) is 3.25. The first-order chi connectivity index (χ1) is 6.65. The molecule has 1 aliphatic heterocycles. The Labute approximate surface area is 89.1 Å². The lowest BCUT2D eigenvalue weighted by Gasteiger charge is -2.38. The second kappa shape index (κ2) is 5.72. The standard InChI is InChI=1S/C12H26N2/c1-10(2)11(3)14-7-5-6-12(9-14)8-13-4/h10-13H,5-9H2,1-4H3. The van der Waals surface area contributed by atoms with Crippen LogP contribution in [0.2, 0.25) is 0 Å². The molecule has 1 aliphatic rings. The fourth-order valence-electron chi connectivity index (χ4n) is 2.34. The van der Waals surface area contributed by atoms with Crippen molar-refractivity contribution in [2.24, 2.45) is 11.8 Å². The van der Waals surface area contributed by atoms with Crippen molar-refractivity contribution < 1.29 is 0 Å². The van der Waals surface area contributed by atoms with E-state index in [4.69, 9.17) is 0 Å².